The quantitative estimate of drug-likeness (QED) is 0.306. The molecule has 0 aromatic heterocycles. The molecule has 0 saturated carbocycles. The van der Waals surface area contributed by atoms with Crippen molar-refractivity contribution in [3.05, 3.63) is 52.6 Å². The molecule has 1 aliphatic heterocycles. The maximum absolute atomic E-state index is 13.2. The van der Waals surface area contributed by atoms with E-state index in [1.54, 1.807) is 39.0 Å². The van der Waals surface area contributed by atoms with Gasteiger partial charge >= 0.3 is 11.9 Å². The molecule has 1 aromatic carbocycles. The monoisotopic (exact) mass is 462 g/mol. The van der Waals surface area contributed by atoms with Gasteiger partial charge in [-0.1, -0.05) is 37.1 Å². The van der Waals surface area contributed by atoms with Crippen LogP contribution in [0.5, 0.6) is 0 Å². The van der Waals surface area contributed by atoms with Crippen molar-refractivity contribution in [3.8, 4) is 0 Å². The number of hydrogen-bond donors (Lipinski definition) is 1. The molecule has 0 radical (unpaired) electrons. The molecule has 1 aromatic rings. The molecule has 3 rings (SSSR count). The van der Waals surface area contributed by atoms with Gasteiger partial charge in [-0.05, 0) is 38.0 Å². The highest BCUT2D eigenvalue weighted by Gasteiger charge is 2.46. The average molecular weight is 463 g/mol. The molecule has 9 heteroatoms. The van der Waals surface area contributed by atoms with Crippen molar-refractivity contribution in [1.82, 2.24) is 0 Å². The first-order valence-corrected chi connectivity index (χ1v) is 11.8. The zero-order valence-electron chi connectivity index (χ0n) is 18.2. The summed E-state index contributed by atoms with van der Waals surface area (Å²) in [5.41, 5.74) is 1.18. The predicted octanol–water partition coefficient (Wildman–Crippen LogP) is 2.54. The number of Topliss-reactive ketones (excluding diaryl/α,β-unsaturated/α-hetero) is 1. The van der Waals surface area contributed by atoms with E-state index in [2.05, 4.69) is 0 Å². The van der Waals surface area contributed by atoms with Crippen LogP contribution in [-0.4, -0.2) is 43.5 Å². The molecule has 0 saturated heterocycles. The summed E-state index contributed by atoms with van der Waals surface area (Å²) in [5, 5.41) is 10.6. The molecule has 3 atom stereocenters. The summed E-state index contributed by atoms with van der Waals surface area (Å²) in [6.07, 6.45) is -1.05. The minimum Gasteiger partial charge on any atom is -0.388 e. The first-order valence-electron chi connectivity index (χ1n) is 10.4. The molecule has 8 nitrogen and oxygen atoms in total. The number of rotatable bonds is 5. The third-order valence-electron chi connectivity index (χ3n) is 5.74. The lowest BCUT2D eigenvalue weighted by molar-refractivity contribution is -0.151. The van der Waals surface area contributed by atoms with E-state index >= 15 is 0 Å². The zero-order chi connectivity index (χ0) is 23.6. The molecular weight excluding hydrogens is 436 g/mol. The number of carbonyl (C=O) groups excluding carboxylic acids is 3. The fourth-order valence-electron chi connectivity index (χ4n) is 4.03. The number of aliphatic hydroxyl groups is 1. The molecule has 0 bridgehead atoms. The second-order valence-electron chi connectivity index (χ2n) is 7.97. The number of aliphatic hydroxyl groups excluding tert-OH is 1. The average Bonchev–Trinajstić information content (AvgIpc) is 3.02. The third-order valence-corrected chi connectivity index (χ3v) is 7.05. The van der Waals surface area contributed by atoms with Gasteiger partial charge in [-0.15, -0.1) is 0 Å². The normalized spacial score (nSPS) is 25.9. The third kappa shape index (κ3) is 4.74. The number of ketones is 1. The van der Waals surface area contributed by atoms with E-state index in [0.29, 0.717) is 12.0 Å². The Morgan fingerprint density at radius 3 is 2.41 bits per heavy atom. The number of benzene rings is 1. The predicted molar refractivity (Wildman–Crippen MR) is 114 cm³/mol. The van der Waals surface area contributed by atoms with Crippen LogP contribution in [0.2, 0.25) is 0 Å². The van der Waals surface area contributed by atoms with Crippen molar-refractivity contribution in [1.29, 1.82) is 0 Å². The SMILES string of the molecule is CC=C1CC2=C(C(=O)OC2=O)[C@H](CCC)[C@@H](OS(=O)(=O)c2ccc(C)cc2)C(=O)C[C@H]1O. The Bertz CT molecular complexity index is 1100. The van der Waals surface area contributed by atoms with E-state index in [1.165, 1.54) is 12.1 Å². The van der Waals surface area contributed by atoms with Crippen LogP contribution in [0.3, 0.4) is 0 Å². The summed E-state index contributed by atoms with van der Waals surface area (Å²) in [6.45, 7) is 5.24. The fourth-order valence-corrected chi connectivity index (χ4v) is 5.13. The second-order valence-corrected chi connectivity index (χ2v) is 9.55. The lowest BCUT2D eigenvalue weighted by Crippen LogP contribution is -2.38. The van der Waals surface area contributed by atoms with Crippen molar-refractivity contribution >= 4 is 27.8 Å². The van der Waals surface area contributed by atoms with E-state index in [-0.39, 0.29) is 28.9 Å². The van der Waals surface area contributed by atoms with E-state index in [9.17, 15) is 27.9 Å². The van der Waals surface area contributed by atoms with Gasteiger partial charge in [-0.25, -0.2) is 9.59 Å². The van der Waals surface area contributed by atoms with Crippen LogP contribution in [0.25, 0.3) is 0 Å². The minimum absolute atomic E-state index is 0.0247. The molecule has 1 aliphatic carbocycles. The maximum Gasteiger partial charge on any atom is 0.342 e. The Hall–Kier alpha value is -2.62. The molecule has 0 amide bonds. The van der Waals surface area contributed by atoms with Gasteiger partial charge in [0, 0.05) is 18.8 Å². The number of hydrogen-bond acceptors (Lipinski definition) is 8. The molecule has 1 heterocycles. The molecule has 0 spiro atoms. The topological polar surface area (TPSA) is 124 Å². The lowest BCUT2D eigenvalue weighted by atomic mass is 9.84. The van der Waals surface area contributed by atoms with E-state index in [0.717, 1.165) is 5.56 Å². The van der Waals surface area contributed by atoms with E-state index < -0.39 is 52.4 Å². The number of carbonyl (C=O) groups is 3. The summed E-state index contributed by atoms with van der Waals surface area (Å²) in [5.74, 6) is -3.45. The van der Waals surface area contributed by atoms with Crippen LogP contribution in [0.1, 0.15) is 45.1 Å². The van der Waals surface area contributed by atoms with Crippen LogP contribution < -0.4 is 0 Å². The smallest absolute Gasteiger partial charge is 0.342 e. The van der Waals surface area contributed by atoms with Crippen molar-refractivity contribution in [2.45, 2.75) is 63.6 Å². The van der Waals surface area contributed by atoms with Gasteiger partial charge in [0.15, 0.2) is 5.78 Å². The zero-order valence-corrected chi connectivity index (χ0v) is 19.0. The summed E-state index contributed by atoms with van der Waals surface area (Å²) in [7, 11) is -4.37. The summed E-state index contributed by atoms with van der Waals surface area (Å²) in [4.78, 5) is 38.0. The standard InChI is InChI=1S/C23H26O8S/c1-4-6-16-20-17(22(26)30-23(20)27)11-14(5-2)18(24)12-19(25)21(16)31-32(28,29)15-9-7-13(3)8-10-15/h5,7-10,16,18,21,24H,4,6,11-12H2,1-3H3/t16-,18+,21+/m0/s1. The Kier molecular flexibility index (Phi) is 7.12. The number of aryl methyl sites for hydroxylation is 1. The highest BCUT2D eigenvalue weighted by molar-refractivity contribution is 7.86. The molecule has 2 aliphatic rings. The van der Waals surface area contributed by atoms with Gasteiger partial charge in [0.05, 0.1) is 22.1 Å². The summed E-state index contributed by atoms with van der Waals surface area (Å²) >= 11 is 0. The molecule has 0 unspecified atom stereocenters. The Morgan fingerprint density at radius 2 is 1.81 bits per heavy atom. The highest BCUT2D eigenvalue weighted by atomic mass is 32.2. The minimum atomic E-state index is -4.37. The number of cyclic esters (lactones) is 2. The second kappa shape index (κ2) is 9.48. The van der Waals surface area contributed by atoms with Gasteiger partial charge in [0.1, 0.15) is 6.10 Å². The van der Waals surface area contributed by atoms with Gasteiger partial charge in [0.2, 0.25) is 0 Å². The van der Waals surface area contributed by atoms with Gasteiger partial charge in [-0.3, -0.25) is 8.98 Å². The van der Waals surface area contributed by atoms with Gasteiger partial charge in [0.25, 0.3) is 10.1 Å². The van der Waals surface area contributed by atoms with Crippen LogP contribution >= 0.6 is 0 Å². The fraction of sp³-hybridized carbons (Fsp3) is 0.435. The number of allylic oxidation sites excluding steroid dienone is 1. The number of esters is 2. The number of ether oxygens (including phenoxy) is 1. The van der Waals surface area contributed by atoms with Crippen LogP contribution in [0.4, 0.5) is 0 Å². The largest absolute Gasteiger partial charge is 0.388 e. The van der Waals surface area contributed by atoms with Crippen molar-refractivity contribution in [3.63, 3.8) is 0 Å². The van der Waals surface area contributed by atoms with Crippen molar-refractivity contribution in [2.24, 2.45) is 5.92 Å². The maximum atomic E-state index is 13.2. The Morgan fingerprint density at radius 1 is 1.16 bits per heavy atom. The van der Waals surface area contributed by atoms with Gasteiger partial charge < -0.3 is 9.84 Å². The van der Waals surface area contributed by atoms with E-state index in [4.69, 9.17) is 8.92 Å². The summed E-state index contributed by atoms with van der Waals surface area (Å²) in [6, 6.07) is 5.93. The molecule has 32 heavy (non-hydrogen) atoms. The summed E-state index contributed by atoms with van der Waals surface area (Å²) < 4.78 is 36.2. The molecular formula is C23H26O8S. The van der Waals surface area contributed by atoms with Crippen molar-refractivity contribution < 1.29 is 36.8 Å². The van der Waals surface area contributed by atoms with E-state index in [1.807, 2.05) is 0 Å². The first kappa shape index (κ1) is 24.0. The van der Waals surface area contributed by atoms with Crippen molar-refractivity contribution in [2.75, 3.05) is 0 Å². The van der Waals surface area contributed by atoms with Crippen LogP contribution in [0.15, 0.2) is 52.0 Å². The Balaban J connectivity index is 2.13. The lowest BCUT2D eigenvalue weighted by Gasteiger charge is -2.26. The first-order chi connectivity index (χ1) is 15.1. The molecule has 172 valence electrons. The van der Waals surface area contributed by atoms with Crippen LogP contribution in [0, 0.1) is 12.8 Å². The Labute approximate surface area is 187 Å². The molecule has 1 N–H and O–H groups in total. The molecule has 0 fully saturated rings. The highest BCUT2D eigenvalue weighted by Crippen LogP contribution is 2.38. The van der Waals surface area contributed by atoms with Gasteiger partial charge in [-0.2, -0.15) is 8.42 Å². The van der Waals surface area contributed by atoms with Crippen LogP contribution in [-0.2, 0) is 33.4 Å².